The number of carbonyl (C=O) groups is 2. The van der Waals surface area contributed by atoms with Crippen molar-refractivity contribution in [1.29, 1.82) is 0 Å². The number of likely N-dealkylation sites (tertiary alicyclic amines) is 1. The maximum absolute atomic E-state index is 12.4. The largest absolute Gasteiger partial charge is 0.497 e. The molecule has 3 amide bonds. The average molecular weight is 379 g/mol. The number of methoxy groups -OCH3 is 1. The van der Waals surface area contributed by atoms with Crippen LogP contribution in [0.15, 0.2) is 54.6 Å². The minimum atomic E-state index is -0.146. The Kier molecular flexibility index (Phi) is 4.94. The van der Waals surface area contributed by atoms with Crippen molar-refractivity contribution in [3.63, 3.8) is 0 Å². The van der Waals surface area contributed by atoms with E-state index < -0.39 is 0 Å². The number of amides is 3. The Morgan fingerprint density at radius 2 is 1.75 bits per heavy atom. The lowest BCUT2D eigenvalue weighted by Gasteiger charge is -2.59. The minimum absolute atomic E-state index is 0.0971. The highest BCUT2D eigenvalue weighted by molar-refractivity contribution is 5.94. The molecular weight excluding hydrogens is 354 g/mol. The molecule has 2 aromatic rings. The van der Waals surface area contributed by atoms with Crippen LogP contribution in [-0.4, -0.2) is 43.1 Å². The van der Waals surface area contributed by atoms with Crippen molar-refractivity contribution >= 4 is 11.9 Å². The lowest BCUT2D eigenvalue weighted by molar-refractivity contribution is -0.0585. The van der Waals surface area contributed by atoms with Gasteiger partial charge in [0.05, 0.1) is 7.11 Å². The number of nitrogens with one attached hydrogen (secondary N) is 2. The van der Waals surface area contributed by atoms with Gasteiger partial charge in [-0.2, -0.15) is 0 Å². The summed E-state index contributed by atoms with van der Waals surface area (Å²) in [7, 11) is 1.63. The fourth-order valence-corrected chi connectivity index (χ4v) is 4.18. The van der Waals surface area contributed by atoms with Gasteiger partial charge in [-0.05, 0) is 42.7 Å². The predicted molar refractivity (Wildman–Crippen MR) is 106 cm³/mol. The molecule has 6 nitrogen and oxygen atoms in total. The lowest BCUT2D eigenvalue weighted by Crippen LogP contribution is -2.67. The first-order chi connectivity index (χ1) is 13.6. The Balaban J connectivity index is 1.17. The zero-order chi connectivity index (χ0) is 19.6. The van der Waals surface area contributed by atoms with Gasteiger partial charge in [0.25, 0.3) is 5.91 Å². The van der Waals surface area contributed by atoms with Crippen molar-refractivity contribution < 1.29 is 14.3 Å². The van der Waals surface area contributed by atoms with Crippen LogP contribution in [0.25, 0.3) is 0 Å². The number of carbonyl (C=O) groups excluding carboxylic acids is 2. The maximum atomic E-state index is 12.4. The highest BCUT2D eigenvalue weighted by Crippen LogP contribution is 2.48. The monoisotopic (exact) mass is 379 g/mol. The molecule has 1 heterocycles. The van der Waals surface area contributed by atoms with Gasteiger partial charge in [0, 0.05) is 36.7 Å². The van der Waals surface area contributed by atoms with Crippen LogP contribution >= 0.6 is 0 Å². The highest BCUT2D eigenvalue weighted by atomic mass is 16.5. The van der Waals surface area contributed by atoms with Crippen molar-refractivity contribution in [1.82, 2.24) is 15.5 Å². The summed E-state index contributed by atoms with van der Waals surface area (Å²) in [6.07, 6.45) is 1.86. The average Bonchev–Trinajstić information content (AvgIpc) is 2.67. The Labute approximate surface area is 164 Å². The third-order valence-corrected chi connectivity index (χ3v) is 5.67. The first-order valence-electron chi connectivity index (χ1n) is 9.59. The van der Waals surface area contributed by atoms with Crippen molar-refractivity contribution in [2.75, 3.05) is 20.2 Å². The molecule has 0 aromatic heterocycles. The van der Waals surface area contributed by atoms with Crippen LogP contribution in [0.5, 0.6) is 5.75 Å². The smallest absolute Gasteiger partial charge is 0.315 e. The molecule has 28 heavy (non-hydrogen) atoms. The number of hydrogen-bond donors (Lipinski definition) is 2. The van der Waals surface area contributed by atoms with Crippen molar-refractivity contribution in [3.8, 4) is 5.75 Å². The fourth-order valence-electron chi connectivity index (χ4n) is 4.18. The molecule has 0 unspecified atom stereocenters. The number of nitrogens with zero attached hydrogens (tertiary/aromatic N) is 1. The van der Waals surface area contributed by atoms with Gasteiger partial charge in [-0.3, -0.25) is 4.79 Å². The third kappa shape index (κ3) is 3.81. The maximum Gasteiger partial charge on any atom is 0.315 e. The Morgan fingerprint density at radius 3 is 2.39 bits per heavy atom. The van der Waals surface area contributed by atoms with Crippen molar-refractivity contribution in [2.24, 2.45) is 5.41 Å². The summed E-state index contributed by atoms with van der Waals surface area (Å²) in [6, 6.07) is 17.1. The predicted octanol–water partition coefficient (Wildman–Crippen LogP) is 2.80. The summed E-state index contributed by atoms with van der Waals surface area (Å²) in [5.74, 6) is 0.896. The molecule has 2 N–H and O–H groups in total. The minimum Gasteiger partial charge on any atom is -0.497 e. The Hall–Kier alpha value is -3.02. The molecule has 1 saturated heterocycles. The van der Waals surface area contributed by atoms with Gasteiger partial charge in [0.1, 0.15) is 5.75 Å². The molecule has 2 aromatic carbocycles. The molecule has 1 spiro atoms. The van der Waals surface area contributed by atoms with Crippen LogP contribution in [0, 0.1) is 5.41 Å². The summed E-state index contributed by atoms with van der Waals surface area (Å²) in [5, 5.41) is 5.92. The van der Waals surface area contributed by atoms with Crippen LogP contribution in [-0.2, 0) is 6.54 Å². The SMILES string of the molecule is COc1ccc(CNC(=O)NC2CC3(C2)CN(C(=O)c2ccccc2)C3)cc1. The third-order valence-electron chi connectivity index (χ3n) is 5.67. The molecule has 1 saturated carbocycles. The molecule has 2 fully saturated rings. The zero-order valence-electron chi connectivity index (χ0n) is 16.0. The number of benzene rings is 2. The lowest BCUT2D eigenvalue weighted by atomic mass is 9.60. The van der Waals surface area contributed by atoms with E-state index in [1.807, 2.05) is 59.5 Å². The second kappa shape index (κ2) is 7.54. The molecule has 146 valence electrons. The second-order valence-electron chi connectivity index (χ2n) is 7.81. The Bertz CT molecular complexity index is 837. The highest BCUT2D eigenvalue weighted by Gasteiger charge is 2.54. The molecule has 1 aliphatic carbocycles. The Morgan fingerprint density at radius 1 is 1.07 bits per heavy atom. The van der Waals surface area contributed by atoms with Crippen LogP contribution in [0.4, 0.5) is 4.79 Å². The molecular formula is C22H25N3O3. The summed E-state index contributed by atoms with van der Waals surface area (Å²) in [4.78, 5) is 26.4. The van der Waals surface area contributed by atoms with Gasteiger partial charge in [0.15, 0.2) is 0 Å². The quantitative estimate of drug-likeness (QED) is 0.839. The number of rotatable bonds is 5. The second-order valence-corrected chi connectivity index (χ2v) is 7.81. The van der Waals surface area contributed by atoms with E-state index >= 15 is 0 Å². The molecule has 1 aliphatic heterocycles. The van der Waals surface area contributed by atoms with Gasteiger partial charge in [-0.1, -0.05) is 30.3 Å². The van der Waals surface area contributed by atoms with Crippen LogP contribution in [0.1, 0.15) is 28.8 Å². The van der Waals surface area contributed by atoms with Crippen LogP contribution in [0.3, 0.4) is 0 Å². The zero-order valence-corrected chi connectivity index (χ0v) is 16.0. The van der Waals surface area contributed by atoms with E-state index in [4.69, 9.17) is 4.74 Å². The topological polar surface area (TPSA) is 70.7 Å². The summed E-state index contributed by atoms with van der Waals surface area (Å²) < 4.78 is 5.13. The van der Waals surface area contributed by atoms with E-state index in [-0.39, 0.29) is 23.4 Å². The van der Waals surface area contributed by atoms with E-state index in [2.05, 4.69) is 10.6 Å². The van der Waals surface area contributed by atoms with E-state index in [1.165, 1.54) is 0 Å². The normalized spacial score (nSPS) is 17.4. The van der Waals surface area contributed by atoms with Crippen molar-refractivity contribution in [2.45, 2.75) is 25.4 Å². The number of urea groups is 1. The van der Waals surface area contributed by atoms with Gasteiger partial charge < -0.3 is 20.3 Å². The number of ether oxygens (including phenoxy) is 1. The first-order valence-corrected chi connectivity index (χ1v) is 9.59. The first kappa shape index (κ1) is 18.3. The van der Waals surface area contributed by atoms with Crippen LogP contribution in [0.2, 0.25) is 0 Å². The molecule has 0 atom stereocenters. The van der Waals surface area contributed by atoms with E-state index in [0.717, 1.165) is 42.8 Å². The summed E-state index contributed by atoms with van der Waals surface area (Å²) in [6.45, 7) is 2.05. The molecule has 6 heteroatoms. The standard InChI is InChI=1S/C22H25N3O3/c1-28-19-9-7-16(8-10-19)13-23-21(27)24-18-11-22(12-18)14-25(15-22)20(26)17-5-3-2-4-6-17/h2-10,18H,11-15H2,1H3,(H2,23,24,27). The summed E-state index contributed by atoms with van der Waals surface area (Å²) in [5.41, 5.74) is 1.96. The van der Waals surface area contributed by atoms with Crippen LogP contribution < -0.4 is 15.4 Å². The molecule has 0 bridgehead atoms. The van der Waals surface area contributed by atoms with Gasteiger partial charge in [0.2, 0.25) is 0 Å². The van der Waals surface area contributed by atoms with E-state index in [1.54, 1.807) is 7.11 Å². The van der Waals surface area contributed by atoms with Gasteiger partial charge in [-0.25, -0.2) is 4.79 Å². The van der Waals surface area contributed by atoms with Gasteiger partial charge in [-0.15, -0.1) is 0 Å². The fraction of sp³-hybridized carbons (Fsp3) is 0.364. The molecule has 2 aliphatic rings. The van der Waals surface area contributed by atoms with E-state index in [0.29, 0.717) is 6.54 Å². The van der Waals surface area contributed by atoms with Crippen molar-refractivity contribution in [3.05, 3.63) is 65.7 Å². The molecule has 0 radical (unpaired) electrons. The van der Waals surface area contributed by atoms with E-state index in [9.17, 15) is 9.59 Å². The summed E-state index contributed by atoms with van der Waals surface area (Å²) >= 11 is 0. The van der Waals surface area contributed by atoms with Gasteiger partial charge >= 0.3 is 6.03 Å². The number of hydrogen-bond acceptors (Lipinski definition) is 3. The molecule has 4 rings (SSSR count).